The van der Waals surface area contributed by atoms with Crippen molar-refractivity contribution in [3.05, 3.63) is 57.8 Å². The minimum atomic E-state index is -0.361. The highest BCUT2D eigenvalue weighted by molar-refractivity contribution is 7.10. The Bertz CT molecular complexity index is 536. The molecule has 0 fully saturated rings. The van der Waals surface area contributed by atoms with Gasteiger partial charge >= 0.3 is 0 Å². The molecular weight excluding hydrogens is 256 g/mol. The Labute approximate surface area is 117 Å². The topological polar surface area (TPSA) is 55.1 Å². The van der Waals surface area contributed by atoms with Crippen molar-refractivity contribution in [2.45, 2.75) is 25.9 Å². The summed E-state index contributed by atoms with van der Waals surface area (Å²) in [4.78, 5) is 12.1. The first-order valence-corrected chi connectivity index (χ1v) is 7.17. The first-order valence-electron chi connectivity index (χ1n) is 6.29. The zero-order chi connectivity index (χ0) is 13.7. The predicted molar refractivity (Wildman–Crippen MR) is 79.3 cm³/mol. The van der Waals surface area contributed by atoms with Gasteiger partial charge in [-0.2, -0.15) is 0 Å². The number of carbonyl (C=O) groups excluding carboxylic acids is 1. The van der Waals surface area contributed by atoms with Crippen molar-refractivity contribution in [1.82, 2.24) is 5.32 Å². The summed E-state index contributed by atoms with van der Waals surface area (Å²) in [6.45, 7) is 2.93. The third-order valence-corrected chi connectivity index (χ3v) is 3.88. The number of nitrogens with two attached hydrogens (primary N) is 1. The van der Waals surface area contributed by atoms with Gasteiger partial charge in [0.1, 0.15) is 0 Å². The van der Waals surface area contributed by atoms with Gasteiger partial charge in [-0.25, -0.2) is 0 Å². The van der Waals surface area contributed by atoms with Gasteiger partial charge in [0.05, 0.1) is 5.56 Å². The highest BCUT2D eigenvalue weighted by Crippen LogP contribution is 2.14. The fourth-order valence-electron chi connectivity index (χ4n) is 1.92. The van der Waals surface area contributed by atoms with Crippen LogP contribution in [0.25, 0.3) is 0 Å². The summed E-state index contributed by atoms with van der Waals surface area (Å²) in [5.74, 6) is -0.361. The molecule has 0 spiro atoms. The van der Waals surface area contributed by atoms with Crippen molar-refractivity contribution in [3.8, 4) is 0 Å². The molecule has 0 radical (unpaired) electrons. The lowest BCUT2D eigenvalue weighted by Gasteiger charge is -2.13. The van der Waals surface area contributed by atoms with Crippen LogP contribution < -0.4 is 11.1 Å². The van der Waals surface area contributed by atoms with Crippen LogP contribution in [0.15, 0.2) is 41.8 Å². The molecule has 3 nitrogen and oxygen atoms in total. The Morgan fingerprint density at radius 3 is 2.74 bits per heavy atom. The van der Waals surface area contributed by atoms with E-state index in [4.69, 9.17) is 5.73 Å². The summed E-state index contributed by atoms with van der Waals surface area (Å²) in [6, 6.07) is 12.7. The van der Waals surface area contributed by atoms with Crippen molar-refractivity contribution < 1.29 is 4.79 Å². The molecule has 1 atom stereocenters. The number of amides is 1. The molecule has 0 aliphatic rings. The number of hydrogen-bond donors (Lipinski definition) is 2. The number of nitrogens with one attached hydrogen (secondary N) is 1. The minimum absolute atomic E-state index is 0.361. The van der Waals surface area contributed by atoms with Crippen molar-refractivity contribution in [1.29, 1.82) is 0 Å². The van der Waals surface area contributed by atoms with Crippen LogP contribution in [0.3, 0.4) is 0 Å². The summed E-state index contributed by atoms with van der Waals surface area (Å²) in [6.07, 6.45) is 0.995. The molecule has 100 valence electrons. The Morgan fingerprint density at radius 2 is 2.11 bits per heavy atom. The van der Waals surface area contributed by atoms with Crippen molar-refractivity contribution in [3.63, 3.8) is 0 Å². The molecule has 0 bridgehead atoms. The van der Waals surface area contributed by atoms with E-state index in [0.29, 0.717) is 11.6 Å². The molecule has 1 aromatic carbocycles. The average molecular weight is 274 g/mol. The number of carbonyl (C=O) groups is 1. The van der Waals surface area contributed by atoms with Gasteiger partial charge in [0.25, 0.3) is 0 Å². The summed E-state index contributed by atoms with van der Waals surface area (Å²) < 4.78 is 0. The lowest BCUT2D eigenvalue weighted by Crippen LogP contribution is -2.27. The SMILES string of the molecule is CC(Cc1ccccc1)NCc1cc(C(N)=O)cs1. The van der Waals surface area contributed by atoms with Gasteiger partial charge in [-0.1, -0.05) is 30.3 Å². The summed E-state index contributed by atoms with van der Waals surface area (Å²) in [5, 5.41) is 5.26. The van der Waals surface area contributed by atoms with Gasteiger partial charge in [-0.05, 0) is 25.0 Å². The van der Waals surface area contributed by atoms with E-state index in [-0.39, 0.29) is 5.91 Å². The number of thiophene rings is 1. The Hall–Kier alpha value is -1.65. The third kappa shape index (κ3) is 4.19. The van der Waals surface area contributed by atoms with Crippen LogP contribution in [0.1, 0.15) is 27.7 Å². The molecule has 3 N–H and O–H groups in total. The van der Waals surface area contributed by atoms with Crippen molar-refractivity contribution in [2.24, 2.45) is 5.73 Å². The average Bonchev–Trinajstić information content (AvgIpc) is 2.86. The molecule has 0 aliphatic carbocycles. The Morgan fingerprint density at radius 1 is 1.37 bits per heavy atom. The van der Waals surface area contributed by atoms with Crippen LogP contribution in [0, 0.1) is 0 Å². The molecule has 0 saturated carbocycles. The molecule has 0 aliphatic heterocycles. The molecule has 19 heavy (non-hydrogen) atoms. The third-order valence-electron chi connectivity index (χ3n) is 2.95. The van der Waals surface area contributed by atoms with E-state index in [9.17, 15) is 4.79 Å². The summed E-state index contributed by atoms with van der Waals surface area (Å²) >= 11 is 1.56. The second kappa shape index (κ2) is 6.50. The molecule has 2 aromatic rings. The Balaban J connectivity index is 1.83. The monoisotopic (exact) mass is 274 g/mol. The lowest BCUT2D eigenvalue weighted by molar-refractivity contribution is 0.100. The molecule has 1 heterocycles. The van der Waals surface area contributed by atoms with Crippen LogP contribution in [0.4, 0.5) is 0 Å². The van der Waals surface area contributed by atoms with Crippen LogP contribution in [-0.4, -0.2) is 11.9 Å². The number of rotatable bonds is 6. The fraction of sp³-hybridized carbons (Fsp3) is 0.267. The zero-order valence-corrected chi connectivity index (χ0v) is 11.7. The second-order valence-corrected chi connectivity index (χ2v) is 5.63. The quantitative estimate of drug-likeness (QED) is 0.850. The van der Waals surface area contributed by atoms with E-state index < -0.39 is 0 Å². The van der Waals surface area contributed by atoms with E-state index in [1.807, 2.05) is 12.1 Å². The molecule has 2 rings (SSSR count). The molecule has 4 heteroatoms. The van der Waals surface area contributed by atoms with Crippen LogP contribution >= 0.6 is 11.3 Å². The zero-order valence-electron chi connectivity index (χ0n) is 10.9. The highest BCUT2D eigenvalue weighted by Gasteiger charge is 2.07. The molecule has 1 unspecified atom stereocenters. The molecule has 1 amide bonds. The fourth-order valence-corrected chi connectivity index (χ4v) is 2.74. The van der Waals surface area contributed by atoms with Crippen LogP contribution in [0.2, 0.25) is 0 Å². The first kappa shape index (κ1) is 13.8. The number of hydrogen-bond acceptors (Lipinski definition) is 3. The number of benzene rings is 1. The maximum atomic E-state index is 11.0. The first-order chi connectivity index (χ1) is 9.15. The predicted octanol–water partition coefficient (Wildman–Crippen LogP) is 2.57. The largest absolute Gasteiger partial charge is 0.366 e. The highest BCUT2D eigenvalue weighted by atomic mass is 32.1. The maximum Gasteiger partial charge on any atom is 0.249 e. The molecule has 1 aromatic heterocycles. The normalized spacial score (nSPS) is 12.3. The van der Waals surface area contributed by atoms with E-state index >= 15 is 0 Å². The van der Waals surface area contributed by atoms with Gasteiger partial charge in [0.2, 0.25) is 5.91 Å². The minimum Gasteiger partial charge on any atom is -0.366 e. The van der Waals surface area contributed by atoms with Gasteiger partial charge in [0, 0.05) is 22.8 Å². The molecular formula is C15H18N2OS. The van der Waals surface area contributed by atoms with Crippen LogP contribution in [-0.2, 0) is 13.0 Å². The maximum absolute atomic E-state index is 11.0. The number of primary amides is 1. The summed E-state index contributed by atoms with van der Waals surface area (Å²) in [5.41, 5.74) is 7.15. The standard InChI is InChI=1S/C15H18N2OS/c1-11(7-12-5-3-2-4-6-12)17-9-14-8-13(10-19-14)15(16)18/h2-6,8,10-11,17H,7,9H2,1H3,(H2,16,18). The molecule has 0 saturated heterocycles. The van der Waals surface area contributed by atoms with Gasteiger partial charge in [-0.15, -0.1) is 11.3 Å². The summed E-state index contributed by atoms with van der Waals surface area (Å²) in [7, 11) is 0. The van der Waals surface area contributed by atoms with Gasteiger partial charge < -0.3 is 11.1 Å². The second-order valence-electron chi connectivity index (χ2n) is 4.64. The lowest BCUT2D eigenvalue weighted by atomic mass is 10.1. The van der Waals surface area contributed by atoms with Gasteiger partial charge in [-0.3, -0.25) is 4.79 Å². The van der Waals surface area contributed by atoms with E-state index in [1.54, 1.807) is 16.7 Å². The Kier molecular flexibility index (Phi) is 4.71. The smallest absolute Gasteiger partial charge is 0.249 e. The van der Waals surface area contributed by atoms with Crippen LogP contribution in [0.5, 0.6) is 0 Å². The van der Waals surface area contributed by atoms with Crippen molar-refractivity contribution in [2.75, 3.05) is 0 Å². The van der Waals surface area contributed by atoms with E-state index in [2.05, 4.69) is 36.5 Å². The van der Waals surface area contributed by atoms with E-state index in [0.717, 1.165) is 17.8 Å². The van der Waals surface area contributed by atoms with Crippen molar-refractivity contribution >= 4 is 17.2 Å². The van der Waals surface area contributed by atoms with Gasteiger partial charge in [0.15, 0.2) is 0 Å². The van der Waals surface area contributed by atoms with E-state index in [1.165, 1.54) is 5.56 Å².